The van der Waals surface area contributed by atoms with Crippen LogP contribution in [-0.2, 0) is 6.54 Å². The van der Waals surface area contributed by atoms with E-state index in [0.29, 0.717) is 54.9 Å². The summed E-state index contributed by atoms with van der Waals surface area (Å²) in [5.41, 5.74) is 4.92. The summed E-state index contributed by atoms with van der Waals surface area (Å²) in [4.78, 5) is 27.8. The second-order valence-electron chi connectivity index (χ2n) is 10.2. The highest BCUT2D eigenvalue weighted by Crippen LogP contribution is 2.42. The smallest absolute Gasteiger partial charge is 0.256 e. The number of fused-ring (bicyclic) bond motifs is 1. The first-order chi connectivity index (χ1) is 17.5. The van der Waals surface area contributed by atoms with Crippen molar-refractivity contribution in [1.29, 1.82) is 0 Å². The van der Waals surface area contributed by atoms with Crippen molar-refractivity contribution in [2.75, 3.05) is 0 Å². The van der Waals surface area contributed by atoms with Crippen LogP contribution in [0.25, 0.3) is 11.2 Å². The lowest BCUT2D eigenvalue weighted by atomic mass is 9.76. The molecule has 4 aromatic rings. The van der Waals surface area contributed by atoms with Gasteiger partial charge in [-0.15, -0.1) is 0 Å². The van der Waals surface area contributed by atoms with Gasteiger partial charge < -0.3 is 0 Å². The Labute approximate surface area is 208 Å². The fourth-order valence-electron chi connectivity index (χ4n) is 5.77. The predicted molar refractivity (Wildman–Crippen MR) is 134 cm³/mol. The Morgan fingerprint density at radius 2 is 1.56 bits per heavy atom. The van der Waals surface area contributed by atoms with E-state index in [-0.39, 0.29) is 23.0 Å². The molecule has 0 unspecified atom stereocenters. The van der Waals surface area contributed by atoms with E-state index >= 15 is 0 Å². The van der Waals surface area contributed by atoms with Crippen LogP contribution in [0.2, 0.25) is 0 Å². The van der Waals surface area contributed by atoms with Gasteiger partial charge in [-0.05, 0) is 93.0 Å². The van der Waals surface area contributed by atoms with Gasteiger partial charge in [0.25, 0.3) is 5.56 Å². The molecule has 2 fully saturated rings. The molecule has 5 nitrogen and oxygen atoms in total. The summed E-state index contributed by atoms with van der Waals surface area (Å²) in [7, 11) is 0. The quantitative estimate of drug-likeness (QED) is 0.340. The first kappa shape index (κ1) is 23.0. The molecule has 2 saturated carbocycles. The Balaban J connectivity index is 1.36. The zero-order chi connectivity index (χ0) is 24.8. The molecule has 184 valence electrons. The van der Waals surface area contributed by atoms with E-state index in [1.54, 1.807) is 17.0 Å². The molecule has 0 saturated heterocycles. The minimum Gasteiger partial charge on any atom is -0.285 e. The van der Waals surface area contributed by atoms with Gasteiger partial charge in [-0.25, -0.2) is 13.8 Å². The Hall–Kier alpha value is -3.48. The lowest BCUT2D eigenvalue weighted by molar-refractivity contribution is 0.374. The molecule has 0 radical (unpaired) electrons. The summed E-state index contributed by atoms with van der Waals surface area (Å²) in [6, 6.07) is 9.97. The Morgan fingerprint density at radius 1 is 0.889 bits per heavy atom. The highest BCUT2D eigenvalue weighted by molar-refractivity contribution is 5.71. The topological polar surface area (TPSA) is 60.7 Å². The van der Waals surface area contributed by atoms with Crippen LogP contribution in [0.4, 0.5) is 8.78 Å². The monoisotopic (exact) mass is 486 g/mol. The van der Waals surface area contributed by atoms with Gasteiger partial charge in [-0.1, -0.05) is 12.1 Å². The van der Waals surface area contributed by atoms with Crippen LogP contribution < -0.4 is 5.56 Å². The van der Waals surface area contributed by atoms with E-state index in [9.17, 15) is 13.6 Å². The normalized spacial score (nSPS) is 20.1. The van der Waals surface area contributed by atoms with E-state index in [2.05, 4.69) is 21.0 Å². The molecule has 0 spiro atoms. The summed E-state index contributed by atoms with van der Waals surface area (Å²) in [5, 5.41) is 0. The van der Waals surface area contributed by atoms with Crippen LogP contribution in [0.3, 0.4) is 0 Å². The molecule has 0 amide bonds. The molecule has 3 heterocycles. The van der Waals surface area contributed by atoms with Crippen molar-refractivity contribution in [2.45, 2.75) is 69.7 Å². The van der Waals surface area contributed by atoms with E-state index < -0.39 is 11.6 Å². The van der Waals surface area contributed by atoms with E-state index in [1.807, 2.05) is 19.1 Å². The lowest BCUT2D eigenvalue weighted by Crippen LogP contribution is -2.29. The fraction of sp³-hybridized carbons (Fsp3) is 0.379. The van der Waals surface area contributed by atoms with Gasteiger partial charge in [0.15, 0.2) is 5.65 Å². The molecule has 36 heavy (non-hydrogen) atoms. The highest BCUT2D eigenvalue weighted by atomic mass is 19.1. The Bertz CT molecular complexity index is 1480. The van der Waals surface area contributed by atoms with Gasteiger partial charge in [-0.3, -0.25) is 19.3 Å². The van der Waals surface area contributed by atoms with Crippen molar-refractivity contribution >= 4 is 11.2 Å². The van der Waals surface area contributed by atoms with Crippen molar-refractivity contribution < 1.29 is 8.78 Å². The second-order valence-corrected chi connectivity index (χ2v) is 10.2. The third kappa shape index (κ3) is 4.21. The number of benzene rings is 1. The second kappa shape index (κ2) is 9.19. The minimum absolute atomic E-state index is 0.00831. The van der Waals surface area contributed by atoms with Crippen molar-refractivity contribution in [1.82, 2.24) is 19.5 Å². The van der Waals surface area contributed by atoms with E-state index in [4.69, 9.17) is 0 Å². The molecule has 2 aliphatic rings. The number of nitrogens with zero attached hydrogens (tertiary/aromatic N) is 4. The van der Waals surface area contributed by atoms with E-state index in [0.717, 1.165) is 24.2 Å². The molecule has 0 atom stereocenters. The Kier molecular flexibility index (Phi) is 5.86. The van der Waals surface area contributed by atoms with Gasteiger partial charge >= 0.3 is 0 Å². The summed E-state index contributed by atoms with van der Waals surface area (Å²) in [5.74, 6) is -0.630. The number of hydrogen-bond acceptors (Lipinski definition) is 4. The molecule has 0 aliphatic heterocycles. The summed E-state index contributed by atoms with van der Waals surface area (Å²) < 4.78 is 30.5. The van der Waals surface area contributed by atoms with Crippen molar-refractivity contribution in [3.05, 3.63) is 98.9 Å². The zero-order valence-electron chi connectivity index (χ0n) is 20.3. The lowest BCUT2D eigenvalue weighted by Gasteiger charge is -2.29. The minimum atomic E-state index is -0.487. The summed E-state index contributed by atoms with van der Waals surface area (Å²) >= 11 is 0. The standard InChI is InChI=1S/C29H28F2N4O/c1-17-15-33-25-14-22(19-9-11-20(12-10-19)27-23(30)5-2-6-24(27)31)29(36)35(28(25)34-17)16-26-21(18-7-8-18)4-3-13-32-26/h2-6,13-15,18-20H,7-12,16H2,1H3/t19-,20-. The number of rotatable bonds is 5. The highest BCUT2D eigenvalue weighted by Gasteiger charge is 2.30. The van der Waals surface area contributed by atoms with Gasteiger partial charge in [0.2, 0.25) is 0 Å². The molecular weight excluding hydrogens is 458 g/mol. The van der Waals surface area contributed by atoms with E-state index in [1.165, 1.54) is 23.8 Å². The van der Waals surface area contributed by atoms with Gasteiger partial charge in [0.1, 0.15) is 17.2 Å². The average molecular weight is 487 g/mol. The maximum atomic E-state index is 14.4. The molecular formula is C29H28F2N4O. The van der Waals surface area contributed by atoms with Gasteiger partial charge in [-0.2, -0.15) is 0 Å². The summed E-state index contributed by atoms with van der Waals surface area (Å²) in [6.07, 6.45) is 8.44. The SMILES string of the molecule is Cc1cnc2cc([C@H]3CC[C@H](c4c(F)cccc4F)CC3)c(=O)n(Cc3ncccc3C3CC3)c2n1. The van der Waals surface area contributed by atoms with Crippen LogP contribution in [0.5, 0.6) is 0 Å². The predicted octanol–water partition coefficient (Wildman–Crippen LogP) is 6.14. The largest absolute Gasteiger partial charge is 0.285 e. The molecule has 2 aliphatic carbocycles. The zero-order valence-corrected chi connectivity index (χ0v) is 20.3. The first-order valence-electron chi connectivity index (χ1n) is 12.7. The number of pyridine rings is 2. The number of halogens is 2. The van der Waals surface area contributed by atoms with Crippen LogP contribution in [0.15, 0.2) is 53.6 Å². The van der Waals surface area contributed by atoms with Crippen molar-refractivity contribution in [3.63, 3.8) is 0 Å². The molecule has 0 N–H and O–H groups in total. The molecule has 1 aromatic carbocycles. The number of aromatic nitrogens is 4. The van der Waals surface area contributed by atoms with Crippen LogP contribution in [0.1, 0.15) is 84.4 Å². The van der Waals surface area contributed by atoms with Crippen molar-refractivity contribution in [2.24, 2.45) is 0 Å². The molecule has 0 bridgehead atoms. The van der Waals surface area contributed by atoms with Crippen LogP contribution >= 0.6 is 0 Å². The van der Waals surface area contributed by atoms with Gasteiger partial charge in [0.05, 0.1) is 17.9 Å². The summed E-state index contributed by atoms with van der Waals surface area (Å²) in [6.45, 7) is 2.22. The first-order valence-corrected chi connectivity index (χ1v) is 12.7. The molecule has 6 rings (SSSR count). The third-order valence-corrected chi connectivity index (χ3v) is 7.77. The number of hydrogen-bond donors (Lipinski definition) is 0. The van der Waals surface area contributed by atoms with Crippen LogP contribution in [-0.4, -0.2) is 19.5 Å². The van der Waals surface area contributed by atoms with Crippen LogP contribution in [0, 0.1) is 18.6 Å². The Morgan fingerprint density at radius 3 is 2.28 bits per heavy atom. The fourth-order valence-corrected chi connectivity index (χ4v) is 5.77. The maximum absolute atomic E-state index is 14.4. The number of aryl methyl sites for hydroxylation is 1. The van der Waals surface area contributed by atoms with Gasteiger partial charge in [0, 0.05) is 23.5 Å². The maximum Gasteiger partial charge on any atom is 0.256 e. The molecule has 7 heteroatoms. The third-order valence-electron chi connectivity index (χ3n) is 7.77. The molecule has 3 aromatic heterocycles. The average Bonchev–Trinajstić information content (AvgIpc) is 3.72. The van der Waals surface area contributed by atoms with Crippen molar-refractivity contribution in [3.8, 4) is 0 Å².